The summed E-state index contributed by atoms with van der Waals surface area (Å²) in [6.07, 6.45) is 0.495. The molecule has 0 radical (unpaired) electrons. The molecule has 3 aromatic carbocycles. The van der Waals surface area contributed by atoms with Crippen LogP contribution in [0.3, 0.4) is 0 Å². The average molecular weight is 419 g/mol. The molecule has 0 saturated carbocycles. The van der Waals surface area contributed by atoms with Crippen molar-refractivity contribution in [3.63, 3.8) is 0 Å². The quantitative estimate of drug-likeness (QED) is 0.455. The van der Waals surface area contributed by atoms with Gasteiger partial charge in [-0.15, -0.1) is 0 Å². The molecule has 0 heterocycles. The van der Waals surface area contributed by atoms with E-state index < -0.39 is 5.97 Å². The van der Waals surface area contributed by atoms with Crippen molar-refractivity contribution < 1.29 is 24.2 Å². The zero-order valence-electron chi connectivity index (χ0n) is 17.1. The van der Waals surface area contributed by atoms with Crippen LogP contribution in [-0.2, 0) is 22.8 Å². The molecule has 31 heavy (non-hydrogen) atoms. The molecule has 0 fully saturated rings. The highest BCUT2D eigenvalue weighted by Gasteiger charge is 2.05. The second-order valence-corrected chi connectivity index (χ2v) is 7.03. The van der Waals surface area contributed by atoms with Crippen molar-refractivity contribution in [2.75, 3.05) is 5.32 Å². The fourth-order valence-electron chi connectivity index (χ4n) is 2.85. The maximum Gasteiger partial charge on any atom is 0.303 e. The van der Waals surface area contributed by atoms with Crippen molar-refractivity contribution in [2.24, 2.45) is 0 Å². The lowest BCUT2D eigenvalue weighted by molar-refractivity contribution is -0.137. The molecule has 0 bridgehead atoms. The molecule has 0 aromatic heterocycles. The minimum absolute atomic E-state index is 0.0101. The second kappa shape index (κ2) is 11.4. The highest BCUT2D eigenvalue weighted by Crippen LogP contribution is 2.20. The van der Waals surface area contributed by atoms with Gasteiger partial charge in [0, 0.05) is 18.5 Å². The van der Waals surface area contributed by atoms with Crippen molar-refractivity contribution in [3.05, 3.63) is 90.0 Å². The first-order valence-corrected chi connectivity index (χ1v) is 10.1. The highest BCUT2D eigenvalue weighted by atomic mass is 16.5. The van der Waals surface area contributed by atoms with Gasteiger partial charge >= 0.3 is 5.97 Å². The molecular formula is C25H25NO5. The molecule has 6 nitrogen and oxygen atoms in total. The molecule has 0 aliphatic carbocycles. The fraction of sp³-hybridized carbons (Fsp3) is 0.200. The van der Waals surface area contributed by atoms with Crippen molar-refractivity contribution in [3.8, 4) is 11.5 Å². The topological polar surface area (TPSA) is 84.9 Å². The van der Waals surface area contributed by atoms with Gasteiger partial charge in [0.2, 0.25) is 5.91 Å². The molecular weight excluding hydrogens is 394 g/mol. The van der Waals surface area contributed by atoms with Crippen molar-refractivity contribution in [1.29, 1.82) is 0 Å². The number of carbonyl (C=O) groups excluding carboxylic acids is 1. The number of hydrogen-bond acceptors (Lipinski definition) is 4. The molecule has 0 aliphatic heterocycles. The molecule has 2 N–H and O–H groups in total. The molecule has 160 valence electrons. The number of nitrogens with one attached hydrogen (secondary N) is 1. The lowest BCUT2D eigenvalue weighted by Gasteiger charge is -2.10. The van der Waals surface area contributed by atoms with Crippen LogP contribution >= 0.6 is 0 Å². The molecule has 0 unspecified atom stereocenters. The number of carbonyl (C=O) groups is 2. The molecule has 3 aromatic rings. The monoisotopic (exact) mass is 419 g/mol. The zero-order valence-corrected chi connectivity index (χ0v) is 17.1. The van der Waals surface area contributed by atoms with E-state index in [1.807, 2.05) is 66.7 Å². The second-order valence-electron chi connectivity index (χ2n) is 7.03. The van der Waals surface area contributed by atoms with Gasteiger partial charge in [-0.05, 0) is 53.9 Å². The number of hydrogen-bond donors (Lipinski definition) is 2. The summed E-state index contributed by atoms with van der Waals surface area (Å²) in [5.74, 6) is 0.425. The van der Waals surface area contributed by atoms with Gasteiger partial charge in [0.15, 0.2) is 0 Å². The number of rotatable bonds is 11. The largest absolute Gasteiger partial charge is 0.489 e. The predicted octanol–water partition coefficient (Wildman–Crippen LogP) is 5.04. The number of benzene rings is 3. The van der Waals surface area contributed by atoms with Crippen LogP contribution in [0.25, 0.3) is 0 Å². The summed E-state index contributed by atoms with van der Waals surface area (Å²) >= 11 is 0. The fourth-order valence-corrected chi connectivity index (χ4v) is 2.85. The van der Waals surface area contributed by atoms with Gasteiger partial charge in [-0.3, -0.25) is 9.59 Å². The van der Waals surface area contributed by atoms with Crippen molar-refractivity contribution in [1.82, 2.24) is 0 Å². The Morgan fingerprint density at radius 1 is 0.710 bits per heavy atom. The Hall–Kier alpha value is -3.80. The van der Waals surface area contributed by atoms with Gasteiger partial charge in [0.25, 0.3) is 0 Å². The van der Waals surface area contributed by atoms with E-state index in [4.69, 9.17) is 14.6 Å². The van der Waals surface area contributed by atoms with Crippen LogP contribution in [0, 0.1) is 0 Å². The lowest BCUT2D eigenvalue weighted by Crippen LogP contribution is -2.11. The minimum Gasteiger partial charge on any atom is -0.489 e. The summed E-state index contributed by atoms with van der Waals surface area (Å²) in [7, 11) is 0. The molecule has 0 atom stereocenters. The van der Waals surface area contributed by atoms with Crippen LogP contribution in [0.5, 0.6) is 11.5 Å². The maximum absolute atomic E-state index is 11.8. The Morgan fingerprint density at radius 2 is 1.26 bits per heavy atom. The van der Waals surface area contributed by atoms with E-state index in [-0.39, 0.29) is 18.7 Å². The van der Waals surface area contributed by atoms with E-state index in [1.165, 1.54) is 0 Å². The van der Waals surface area contributed by atoms with E-state index in [1.54, 1.807) is 12.1 Å². The highest BCUT2D eigenvalue weighted by molar-refractivity contribution is 5.90. The summed E-state index contributed by atoms with van der Waals surface area (Å²) in [5.41, 5.74) is 2.75. The van der Waals surface area contributed by atoms with E-state index in [0.717, 1.165) is 22.6 Å². The Labute approximate surface area is 181 Å². The third-order valence-electron chi connectivity index (χ3n) is 4.51. The first-order chi connectivity index (χ1) is 15.1. The number of carboxylic acids is 1. The summed E-state index contributed by atoms with van der Waals surface area (Å²) in [4.78, 5) is 22.3. The normalized spacial score (nSPS) is 10.3. The third-order valence-corrected chi connectivity index (χ3v) is 4.51. The Morgan fingerprint density at radius 3 is 1.81 bits per heavy atom. The summed E-state index contributed by atoms with van der Waals surface area (Å²) < 4.78 is 11.6. The number of anilines is 1. The number of carboxylic acid groups (broad SMARTS) is 1. The van der Waals surface area contributed by atoms with Crippen LogP contribution < -0.4 is 14.8 Å². The van der Waals surface area contributed by atoms with E-state index in [9.17, 15) is 9.59 Å². The summed E-state index contributed by atoms with van der Waals surface area (Å²) in [5, 5.41) is 11.4. The molecule has 6 heteroatoms. The Bertz CT molecular complexity index is 969. The van der Waals surface area contributed by atoms with Gasteiger partial charge in [-0.2, -0.15) is 0 Å². The maximum atomic E-state index is 11.8. The lowest BCUT2D eigenvalue weighted by atomic mass is 10.2. The first-order valence-electron chi connectivity index (χ1n) is 10.1. The van der Waals surface area contributed by atoms with E-state index in [2.05, 4.69) is 5.32 Å². The number of aliphatic carboxylic acids is 1. The van der Waals surface area contributed by atoms with Crippen LogP contribution in [0.4, 0.5) is 5.69 Å². The zero-order chi connectivity index (χ0) is 21.9. The van der Waals surface area contributed by atoms with Gasteiger partial charge < -0.3 is 19.9 Å². The van der Waals surface area contributed by atoms with Crippen LogP contribution in [-0.4, -0.2) is 17.0 Å². The van der Waals surface area contributed by atoms with Crippen LogP contribution in [0.1, 0.15) is 30.4 Å². The predicted molar refractivity (Wildman–Crippen MR) is 118 cm³/mol. The minimum atomic E-state index is -0.897. The molecule has 0 aliphatic rings. The van der Waals surface area contributed by atoms with Crippen molar-refractivity contribution >= 4 is 17.6 Å². The molecule has 0 spiro atoms. The third kappa shape index (κ3) is 7.85. The standard InChI is InChI=1S/C25H25NO5/c27-24(7-4-8-25(28)29)26-21-11-9-20(10-12-21)18-31-23-15-13-22(14-16-23)30-17-19-5-2-1-3-6-19/h1-3,5-6,9-16H,4,7-8,17-18H2,(H,26,27)(H,28,29). The van der Waals surface area contributed by atoms with Gasteiger partial charge in [0.1, 0.15) is 24.7 Å². The van der Waals surface area contributed by atoms with Crippen LogP contribution in [0.15, 0.2) is 78.9 Å². The molecule has 1 amide bonds. The Kier molecular flexibility index (Phi) is 8.05. The molecule has 3 rings (SSSR count). The average Bonchev–Trinajstić information content (AvgIpc) is 2.78. The van der Waals surface area contributed by atoms with Gasteiger partial charge in [-0.1, -0.05) is 42.5 Å². The number of ether oxygens (including phenoxy) is 2. The summed E-state index contributed by atoms with van der Waals surface area (Å²) in [6.45, 7) is 0.917. The van der Waals surface area contributed by atoms with E-state index in [0.29, 0.717) is 25.3 Å². The number of amides is 1. The summed E-state index contributed by atoms with van der Waals surface area (Å²) in [6, 6.07) is 24.8. The SMILES string of the molecule is O=C(O)CCCC(=O)Nc1ccc(COc2ccc(OCc3ccccc3)cc2)cc1. The Balaban J connectivity index is 1.41. The smallest absolute Gasteiger partial charge is 0.303 e. The molecule has 0 saturated heterocycles. The van der Waals surface area contributed by atoms with Crippen LogP contribution in [0.2, 0.25) is 0 Å². The van der Waals surface area contributed by atoms with Crippen molar-refractivity contribution in [2.45, 2.75) is 32.5 Å². The van der Waals surface area contributed by atoms with Gasteiger partial charge in [-0.25, -0.2) is 0 Å². The van der Waals surface area contributed by atoms with Gasteiger partial charge in [0.05, 0.1) is 0 Å². The van der Waals surface area contributed by atoms with E-state index >= 15 is 0 Å². The first kappa shape index (κ1) is 21.9.